The molecule has 0 radical (unpaired) electrons. The molecule has 0 fully saturated rings. The topological polar surface area (TPSA) is 91.2 Å². The summed E-state index contributed by atoms with van der Waals surface area (Å²) in [6.07, 6.45) is 3.16. The lowest BCUT2D eigenvalue weighted by Crippen LogP contribution is -2.23. The smallest absolute Gasteiger partial charge is 0.355 e. The quantitative estimate of drug-likeness (QED) is 0.444. The molecule has 0 bridgehead atoms. The number of hydrogen-bond acceptors (Lipinski definition) is 6. The number of carbonyl (C=O) groups excluding carboxylic acids is 1. The van der Waals surface area contributed by atoms with Crippen molar-refractivity contribution in [2.45, 2.75) is 18.9 Å². The van der Waals surface area contributed by atoms with Gasteiger partial charge in [-0.05, 0) is 43.7 Å². The van der Waals surface area contributed by atoms with Gasteiger partial charge in [0.15, 0.2) is 5.43 Å². The van der Waals surface area contributed by atoms with Gasteiger partial charge in [-0.15, -0.1) is 0 Å². The van der Waals surface area contributed by atoms with Gasteiger partial charge in [0.1, 0.15) is 16.4 Å². The monoisotopic (exact) mass is 447 g/mol. The molecular formula is C24H21N3O4S. The van der Waals surface area contributed by atoms with Crippen LogP contribution in [0, 0.1) is 13.8 Å². The molecule has 1 atom stereocenters. The van der Waals surface area contributed by atoms with E-state index in [0.29, 0.717) is 38.6 Å². The van der Waals surface area contributed by atoms with Gasteiger partial charge in [-0.2, -0.15) is 0 Å². The number of methoxy groups -OCH3 is 1. The first-order valence-corrected chi connectivity index (χ1v) is 11.4. The molecule has 0 saturated carbocycles. The van der Waals surface area contributed by atoms with E-state index in [2.05, 4.69) is 9.97 Å². The number of rotatable bonds is 4. The third kappa shape index (κ3) is 3.62. The Balaban J connectivity index is 2.17. The Labute approximate surface area is 187 Å². The summed E-state index contributed by atoms with van der Waals surface area (Å²) in [5.41, 5.74) is 3.12. The normalized spacial score (nSPS) is 12.0. The third-order valence-electron chi connectivity index (χ3n) is 5.22. The summed E-state index contributed by atoms with van der Waals surface area (Å²) in [5.74, 6) is -0.619. The van der Waals surface area contributed by atoms with E-state index >= 15 is 0 Å². The molecule has 0 saturated heterocycles. The SMILES string of the molecule is COC(=O)c1c(C)c(=O)c2c(-c3ccc(S(C)=O)nc3)cc(C)nc2n1-c1ccccc1. The zero-order valence-electron chi connectivity index (χ0n) is 18.1. The van der Waals surface area contributed by atoms with E-state index in [-0.39, 0.29) is 16.7 Å². The Hall–Kier alpha value is -3.65. The van der Waals surface area contributed by atoms with E-state index in [1.807, 2.05) is 43.3 Å². The van der Waals surface area contributed by atoms with Crippen LogP contribution in [0.15, 0.2) is 64.5 Å². The molecule has 0 N–H and O–H groups in total. The third-order valence-corrected chi connectivity index (χ3v) is 6.05. The highest BCUT2D eigenvalue weighted by molar-refractivity contribution is 7.84. The van der Waals surface area contributed by atoms with Crippen molar-refractivity contribution in [3.05, 3.63) is 81.9 Å². The molecule has 0 spiro atoms. The Morgan fingerprint density at radius 2 is 1.81 bits per heavy atom. The van der Waals surface area contributed by atoms with E-state index in [0.717, 1.165) is 0 Å². The van der Waals surface area contributed by atoms with Crippen LogP contribution in [0.3, 0.4) is 0 Å². The van der Waals surface area contributed by atoms with E-state index in [1.54, 1.807) is 36.1 Å². The molecule has 1 aromatic carbocycles. The predicted octanol–water partition coefficient (Wildman–Crippen LogP) is 3.59. The van der Waals surface area contributed by atoms with Crippen molar-refractivity contribution in [2.24, 2.45) is 0 Å². The largest absolute Gasteiger partial charge is 0.464 e. The Kier molecular flexibility index (Phi) is 5.71. The van der Waals surface area contributed by atoms with Crippen LogP contribution in [0.25, 0.3) is 27.8 Å². The summed E-state index contributed by atoms with van der Waals surface area (Å²) in [5, 5.41) is 0.825. The minimum Gasteiger partial charge on any atom is -0.464 e. The number of nitrogens with zero attached hydrogens (tertiary/aromatic N) is 3. The predicted molar refractivity (Wildman–Crippen MR) is 124 cm³/mol. The first-order chi connectivity index (χ1) is 15.3. The van der Waals surface area contributed by atoms with Gasteiger partial charge in [0, 0.05) is 35.0 Å². The minimum absolute atomic E-state index is 0.134. The van der Waals surface area contributed by atoms with Crippen LogP contribution < -0.4 is 5.43 Å². The lowest BCUT2D eigenvalue weighted by Gasteiger charge is -2.19. The van der Waals surface area contributed by atoms with Gasteiger partial charge in [0.05, 0.1) is 23.3 Å². The van der Waals surface area contributed by atoms with Crippen LogP contribution in [-0.2, 0) is 15.5 Å². The van der Waals surface area contributed by atoms with Crippen molar-refractivity contribution in [1.82, 2.24) is 14.5 Å². The Morgan fingerprint density at radius 3 is 2.41 bits per heavy atom. The highest BCUT2D eigenvalue weighted by Gasteiger charge is 2.24. The van der Waals surface area contributed by atoms with Crippen molar-refractivity contribution in [3.8, 4) is 16.8 Å². The fraction of sp³-hybridized carbons (Fsp3) is 0.167. The fourth-order valence-corrected chi connectivity index (χ4v) is 4.18. The maximum Gasteiger partial charge on any atom is 0.355 e. The number of benzene rings is 1. The summed E-state index contributed by atoms with van der Waals surface area (Å²) in [6.45, 7) is 3.43. The van der Waals surface area contributed by atoms with Crippen molar-refractivity contribution in [3.63, 3.8) is 0 Å². The molecular weight excluding hydrogens is 426 g/mol. The number of fused-ring (bicyclic) bond motifs is 1. The van der Waals surface area contributed by atoms with Gasteiger partial charge in [-0.3, -0.25) is 13.6 Å². The second kappa shape index (κ2) is 8.47. The molecule has 4 aromatic rings. The highest BCUT2D eigenvalue weighted by Crippen LogP contribution is 2.30. The van der Waals surface area contributed by atoms with Crippen molar-refractivity contribution in [2.75, 3.05) is 13.4 Å². The lowest BCUT2D eigenvalue weighted by atomic mass is 10.00. The second-order valence-electron chi connectivity index (χ2n) is 7.31. The van der Waals surface area contributed by atoms with Crippen LogP contribution in [0.2, 0.25) is 0 Å². The average Bonchev–Trinajstić information content (AvgIpc) is 2.80. The lowest BCUT2D eigenvalue weighted by molar-refractivity contribution is 0.0590. The average molecular weight is 448 g/mol. The number of carbonyl (C=O) groups is 1. The molecule has 3 heterocycles. The van der Waals surface area contributed by atoms with Crippen LogP contribution in [-0.4, -0.2) is 38.1 Å². The van der Waals surface area contributed by atoms with Gasteiger partial charge in [0.2, 0.25) is 0 Å². The number of ether oxygens (including phenoxy) is 1. The summed E-state index contributed by atoms with van der Waals surface area (Å²) < 4.78 is 18.4. The Bertz CT molecular complexity index is 1430. The first-order valence-electron chi connectivity index (χ1n) is 9.84. The van der Waals surface area contributed by atoms with Gasteiger partial charge in [-0.25, -0.2) is 14.8 Å². The molecule has 8 heteroatoms. The van der Waals surface area contributed by atoms with E-state index in [9.17, 15) is 13.8 Å². The molecule has 3 aromatic heterocycles. The Morgan fingerprint density at radius 1 is 1.09 bits per heavy atom. The summed E-state index contributed by atoms with van der Waals surface area (Å²) in [7, 11) is 0.0715. The van der Waals surface area contributed by atoms with Crippen LogP contribution in [0.1, 0.15) is 21.7 Å². The zero-order valence-corrected chi connectivity index (χ0v) is 18.9. The molecule has 32 heavy (non-hydrogen) atoms. The molecule has 0 aliphatic heterocycles. The van der Waals surface area contributed by atoms with Crippen molar-refractivity contribution in [1.29, 1.82) is 0 Å². The molecule has 0 aliphatic carbocycles. The second-order valence-corrected chi connectivity index (χ2v) is 8.64. The molecule has 0 amide bonds. The first kappa shape index (κ1) is 21.6. The standard InChI is InChI=1S/C24H21N3O4S/c1-14-12-18(16-10-11-19(25-13-16)32(4)30)20-22(28)15(2)21(24(29)31-3)27(23(20)26-14)17-8-6-5-7-9-17/h5-13H,1-4H3. The molecule has 7 nitrogen and oxygen atoms in total. The van der Waals surface area contributed by atoms with Gasteiger partial charge in [0.25, 0.3) is 0 Å². The van der Waals surface area contributed by atoms with Crippen molar-refractivity contribution >= 4 is 27.8 Å². The van der Waals surface area contributed by atoms with Gasteiger partial charge in [-0.1, -0.05) is 24.3 Å². The van der Waals surface area contributed by atoms with Gasteiger partial charge < -0.3 is 4.74 Å². The van der Waals surface area contributed by atoms with E-state index < -0.39 is 16.8 Å². The maximum absolute atomic E-state index is 13.5. The number of pyridine rings is 3. The number of aromatic nitrogens is 3. The zero-order chi connectivity index (χ0) is 23.0. The van der Waals surface area contributed by atoms with Crippen LogP contribution >= 0.6 is 0 Å². The molecule has 162 valence electrons. The van der Waals surface area contributed by atoms with Gasteiger partial charge >= 0.3 is 5.97 Å². The number of esters is 1. The molecule has 0 aliphatic rings. The highest BCUT2D eigenvalue weighted by atomic mass is 32.2. The summed E-state index contributed by atoms with van der Waals surface area (Å²) in [6, 6.07) is 14.5. The number of para-hydroxylation sites is 1. The van der Waals surface area contributed by atoms with E-state index in [4.69, 9.17) is 4.74 Å². The molecule has 1 unspecified atom stereocenters. The maximum atomic E-state index is 13.5. The molecule has 4 rings (SSSR count). The van der Waals surface area contributed by atoms with E-state index in [1.165, 1.54) is 7.11 Å². The minimum atomic E-state index is -1.21. The van der Waals surface area contributed by atoms with Crippen LogP contribution in [0.5, 0.6) is 0 Å². The van der Waals surface area contributed by atoms with Crippen molar-refractivity contribution < 1.29 is 13.7 Å². The summed E-state index contributed by atoms with van der Waals surface area (Å²) >= 11 is 0. The van der Waals surface area contributed by atoms with Crippen LogP contribution in [0.4, 0.5) is 0 Å². The fourth-order valence-electron chi connectivity index (χ4n) is 3.72. The number of aryl methyl sites for hydroxylation is 1. The number of hydrogen-bond donors (Lipinski definition) is 0. The summed E-state index contributed by atoms with van der Waals surface area (Å²) in [4.78, 5) is 35.1.